The summed E-state index contributed by atoms with van der Waals surface area (Å²) in [7, 11) is -2.01. The lowest BCUT2D eigenvalue weighted by atomic mass is 9.90. The third-order valence-corrected chi connectivity index (χ3v) is 7.83. The van der Waals surface area contributed by atoms with Crippen LogP contribution in [0.25, 0.3) is 0 Å². The minimum Gasteiger partial charge on any atom is -0.497 e. The standard InChI is InChI=1S/C21H32N2O4S/c1-27-19-10-7-11-20(14-19)28(25,26)23-13-12-17(16-23)15-22-21(24)18-8-5-3-2-4-6-9-18/h7,10-11,14,17-18H,2-6,8-9,12-13,15-16H2,1H3,(H,22,24). The largest absolute Gasteiger partial charge is 0.497 e. The summed E-state index contributed by atoms with van der Waals surface area (Å²) in [6, 6.07) is 6.58. The summed E-state index contributed by atoms with van der Waals surface area (Å²) in [6.07, 6.45) is 8.73. The van der Waals surface area contributed by atoms with Gasteiger partial charge >= 0.3 is 0 Å². The first-order valence-electron chi connectivity index (χ1n) is 10.4. The molecule has 1 saturated heterocycles. The van der Waals surface area contributed by atoms with E-state index in [0.717, 1.165) is 32.1 Å². The molecular formula is C21H32N2O4S. The van der Waals surface area contributed by atoms with Crippen molar-refractivity contribution in [1.29, 1.82) is 0 Å². The van der Waals surface area contributed by atoms with E-state index in [1.165, 1.54) is 30.7 Å². The summed E-state index contributed by atoms with van der Waals surface area (Å²) >= 11 is 0. The molecule has 28 heavy (non-hydrogen) atoms. The zero-order valence-corrected chi connectivity index (χ0v) is 17.5. The maximum absolute atomic E-state index is 12.9. The molecule has 0 aromatic heterocycles. The van der Waals surface area contributed by atoms with Crippen LogP contribution in [-0.2, 0) is 14.8 Å². The zero-order chi connectivity index (χ0) is 20.0. The maximum atomic E-state index is 12.9. The predicted octanol–water partition coefficient (Wildman–Crippen LogP) is 3.18. The predicted molar refractivity (Wildman–Crippen MR) is 109 cm³/mol. The van der Waals surface area contributed by atoms with Crippen LogP contribution in [0, 0.1) is 11.8 Å². The highest BCUT2D eigenvalue weighted by molar-refractivity contribution is 7.89. The van der Waals surface area contributed by atoms with Crippen LogP contribution in [0.5, 0.6) is 5.75 Å². The molecule has 2 aliphatic rings. The first kappa shape index (κ1) is 21.1. The van der Waals surface area contributed by atoms with Gasteiger partial charge in [0.2, 0.25) is 15.9 Å². The molecule has 1 aromatic rings. The number of carbonyl (C=O) groups excluding carboxylic acids is 1. The van der Waals surface area contributed by atoms with Gasteiger partial charge in [0.15, 0.2) is 0 Å². The molecule has 156 valence electrons. The van der Waals surface area contributed by atoms with E-state index in [-0.39, 0.29) is 22.6 Å². The van der Waals surface area contributed by atoms with Crippen molar-refractivity contribution in [2.45, 2.75) is 56.3 Å². The van der Waals surface area contributed by atoms with Crippen molar-refractivity contribution in [3.05, 3.63) is 24.3 Å². The second-order valence-electron chi connectivity index (χ2n) is 7.98. The molecule has 0 bridgehead atoms. The van der Waals surface area contributed by atoms with Gasteiger partial charge in [0.1, 0.15) is 5.75 Å². The number of benzene rings is 1. The van der Waals surface area contributed by atoms with Gasteiger partial charge in [-0.1, -0.05) is 38.2 Å². The number of nitrogens with zero attached hydrogens (tertiary/aromatic N) is 1. The number of amides is 1. The second kappa shape index (κ2) is 9.74. The Bertz CT molecular complexity index is 757. The number of sulfonamides is 1. The molecule has 1 N–H and O–H groups in total. The van der Waals surface area contributed by atoms with E-state index in [1.54, 1.807) is 24.3 Å². The van der Waals surface area contributed by atoms with Crippen LogP contribution in [-0.4, -0.2) is 45.4 Å². The van der Waals surface area contributed by atoms with E-state index < -0.39 is 10.0 Å². The Balaban J connectivity index is 1.52. The smallest absolute Gasteiger partial charge is 0.243 e. The summed E-state index contributed by atoms with van der Waals surface area (Å²) in [5.74, 6) is 0.968. The number of hydrogen-bond acceptors (Lipinski definition) is 4. The Morgan fingerprint density at radius 3 is 2.57 bits per heavy atom. The second-order valence-corrected chi connectivity index (χ2v) is 9.92. The van der Waals surface area contributed by atoms with Crippen LogP contribution < -0.4 is 10.1 Å². The Labute approximate surface area is 168 Å². The normalized spacial score (nSPS) is 22.4. The summed E-state index contributed by atoms with van der Waals surface area (Å²) in [5, 5.41) is 3.09. The summed E-state index contributed by atoms with van der Waals surface area (Å²) in [6.45, 7) is 1.49. The zero-order valence-electron chi connectivity index (χ0n) is 16.7. The lowest BCUT2D eigenvalue weighted by molar-refractivity contribution is -0.125. The summed E-state index contributed by atoms with van der Waals surface area (Å²) in [5.41, 5.74) is 0. The highest BCUT2D eigenvalue weighted by atomic mass is 32.2. The molecule has 1 saturated carbocycles. The van der Waals surface area contributed by atoms with Gasteiger partial charge in [-0.05, 0) is 37.3 Å². The molecular weight excluding hydrogens is 376 g/mol. The molecule has 1 amide bonds. The van der Waals surface area contributed by atoms with Crippen molar-refractivity contribution in [3.63, 3.8) is 0 Å². The van der Waals surface area contributed by atoms with Crippen molar-refractivity contribution < 1.29 is 17.9 Å². The van der Waals surface area contributed by atoms with Crippen LogP contribution in [0.15, 0.2) is 29.2 Å². The monoisotopic (exact) mass is 408 g/mol. The fraction of sp³-hybridized carbons (Fsp3) is 0.667. The van der Waals surface area contributed by atoms with Crippen LogP contribution in [0.4, 0.5) is 0 Å². The third kappa shape index (κ3) is 5.26. The van der Waals surface area contributed by atoms with E-state index in [1.807, 2.05) is 0 Å². The number of rotatable bonds is 6. The van der Waals surface area contributed by atoms with Gasteiger partial charge in [0.25, 0.3) is 0 Å². The van der Waals surface area contributed by atoms with Crippen molar-refractivity contribution in [1.82, 2.24) is 9.62 Å². The van der Waals surface area contributed by atoms with Crippen LogP contribution >= 0.6 is 0 Å². The molecule has 7 heteroatoms. The molecule has 1 aromatic carbocycles. The summed E-state index contributed by atoms with van der Waals surface area (Å²) in [4.78, 5) is 12.8. The average Bonchev–Trinajstić information content (AvgIpc) is 3.16. The van der Waals surface area contributed by atoms with E-state index in [0.29, 0.717) is 25.4 Å². The minimum atomic E-state index is -3.53. The molecule has 6 nitrogen and oxygen atoms in total. The van der Waals surface area contributed by atoms with E-state index in [9.17, 15) is 13.2 Å². The molecule has 2 fully saturated rings. The number of hydrogen-bond donors (Lipinski definition) is 1. The number of carbonyl (C=O) groups is 1. The van der Waals surface area contributed by atoms with Crippen LogP contribution in [0.3, 0.4) is 0 Å². The maximum Gasteiger partial charge on any atom is 0.243 e. The first-order chi connectivity index (χ1) is 13.5. The fourth-order valence-corrected chi connectivity index (χ4v) is 5.77. The first-order valence-corrected chi connectivity index (χ1v) is 11.9. The van der Waals surface area contributed by atoms with E-state index in [2.05, 4.69) is 5.32 Å². The van der Waals surface area contributed by atoms with E-state index >= 15 is 0 Å². The van der Waals surface area contributed by atoms with Gasteiger partial charge in [0, 0.05) is 31.6 Å². The molecule has 1 heterocycles. The van der Waals surface area contributed by atoms with Crippen molar-refractivity contribution in [3.8, 4) is 5.75 Å². The molecule has 1 unspecified atom stereocenters. The number of nitrogens with one attached hydrogen (secondary N) is 1. The topological polar surface area (TPSA) is 75.7 Å². The Morgan fingerprint density at radius 2 is 1.86 bits per heavy atom. The highest BCUT2D eigenvalue weighted by Crippen LogP contribution is 2.27. The van der Waals surface area contributed by atoms with Crippen molar-refractivity contribution in [2.24, 2.45) is 11.8 Å². The van der Waals surface area contributed by atoms with Crippen LogP contribution in [0.2, 0.25) is 0 Å². The molecule has 1 aliphatic carbocycles. The number of ether oxygens (including phenoxy) is 1. The molecule has 3 rings (SSSR count). The van der Waals surface area contributed by atoms with Gasteiger partial charge < -0.3 is 10.1 Å². The van der Waals surface area contributed by atoms with Gasteiger partial charge in [0.05, 0.1) is 12.0 Å². The van der Waals surface area contributed by atoms with E-state index in [4.69, 9.17) is 4.74 Å². The average molecular weight is 409 g/mol. The molecule has 0 radical (unpaired) electrons. The van der Waals surface area contributed by atoms with Gasteiger partial charge in [-0.15, -0.1) is 0 Å². The van der Waals surface area contributed by atoms with Crippen molar-refractivity contribution in [2.75, 3.05) is 26.7 Å². The van der Waals surface area contributed by atoms with Gasteiger partial charge in [-0.2, -0.15) is 4.31 Å². The van der Waals surface area contributed by atoms with Gasteiger partial charge in [-0.3, -0.25) is 4.79 Å². The lowest BCUT2D eigenvalue weighted by Gasteiger charge is -2.21. The van der Waals surface area contributed by atoms with Crippen LogP contribution in [0.1, 0.15) is 51.4 Å². The Hall–Kier alpha value is -1.60. The Morgan fingerprint density at radius 1 is 1.14 bits per heavy atom. The highest BCUT2D eigenvalue weighted by Gasteiger charge is 2.33. The summed E-state index contributed by atoms with van der Waals surface area (Å²) < 4.78 is 32.4. The fourth-order valence-electron chi connectivity index (χ4n) is 4.20. The third-order valence-electron chi connectivity index (χ3n) is 5.97. The lowest BCUT2D eigenvalue weighted by Crippen LogP contribution is -2.36. The van der Waals surface area contributed by atoms with Gasteiger partial charge in [-0.25, -0.2) is 8.42 Å². The molecule has 1 aliphatic heterocycles. The number of methoxy groups -OCH3 is 1. The Kier molecular flexibility index (Phi) is 7.35. The van der Waals surface area contributed by atoms with Crippen molar-refractivity contribution >= 4 is 15.9 Å². The SMILES string of the molecule is COc1cccc(S(=O)(=O)N2CCC(CNC(=O)C3CCCCCCC3)C2)c1. The molecule has 1 atom stereocenters. The molecule has 0 spiro atoms. The minimum absolute atomic E-state index is 0.123. The quantitative estimate of drug-likeness (QED) is 0.784.